The normalized spacial score (nSPS) is 12.6. The van der Waals surface area contributed by atoms with Crippen LogP contribution in [0.2, 0.25) is 0 Å². The highest BCUT2D eigenvalue weighted by Crippen LogP contribution is 2.29. The Balaban J connectivity index is 2.98. The molecule has 102 valence electrons. The molecule has 0 saturated carbocycles. The van der Waals surface area contributed by atoms with Crippen LogP contribution in [0.15, 0.2) is 18.2 Å². The van der Waals surface area contributed by atoms with Gasteiger partial charge < -0.3 is 5.32 Å². The lowest BCUT2D eigenvalue weighted by Crippen LogP contribution is -2.42. The van der Waals surface area contributed by atoms with Gasteiger partial charge in [-0.15, -0.1) is 23.2 Å². The second-order valence-electron chi connectivity index (χ2n) is 3.93. The topological polar surface area (TPSA) is 24.9 Å². The summed E-state index contributed by atoms with van der Waals surface area (Å²) in [6.07, 6.45) is -3.88. The van der Waals surface area contributed by atoms with Gasteiger partial charge in [-0.2, -0.15) is 13.2 Å². The maximum atomic E-state index is 12.5. The molecular formula is C11H13Cl2F3N2. The number of rotatable bonds is 5. The van der Waals surface area contributed by atoms with Crippen molar-refractivity contribution in [2.45, 2.75) is 25.1 Å². The Morgan fingerprint density at radius 1 is 1.22 bits per heavy atom. The third kappa shape index (κ3) is 3.65. The van der Waals surface area contributed by atoms with Gasteiger partial charge in [0.25, 0.3) is 0 Å². The first-order valence-corrected chi connectivity index (χ1v) is 6.38. The zero-order valence-electron chi connectivity index (χ0n) is 9.69. The lowest BCUT2D eigenvalue weighted by molar-refractivity contribution is -0.141. The van der Waals surface area contributed by atoms with Crippen molar-refractivity contribution in [1.29, 1.82) is 0 Å². The van der Waals surface area contributed by atoms with E-state index in [0.29, 0.717) is 6.42 Å². The minimum Gasteiger partial charge on any atom is -0.362 e. The van der Waals surface area contributed by atoms with Crippen molar-refractivity contribution < 1.29 is 13.2 Å². The summed E-state index contributed by atoms with van der Waals surface area (Å²) < 4.78 is 37.5. The molecule has 18 heavy (non-hydrogen) atoms. The Bertz CT molecular complexity index is 384. The number of alkyl halides is 5. The van der Waals surface area contributed by atoms with E-state index in [2.05, 4.69) is 10.3 Å². The summed E-state index contributed by atoms with van der Waals surface area (Å²) in [5.41, 5.74) is -1.60. The van der Waals surface area contributed by atoms with Gasteiger partial charge in [0.15, 0.2) is 0 Å². The van der Waals surface area contributed by atoms with Crippen LogP contribution in [-0.4, -0.2) is 22.3 Å². The van der Waals surface area contributed by atoms with Crippen LogP contribution in [0.4, 0.5) is 19.0 Å². The third-order valence-corrected chi connectivity index (χ3v) is 3.64. The maximum Gasteiger partial charge on any atom is 0.433 e. The fourth-order valence-electron chi connectivity index (χ4n) is 1.31. The Hall–Kier alpha value is -0.680. The SMILES string of the molecule is CCC(CCl)(CCl)Nc1cccc(C(F)(F)F)n1. The minimum atomic E-state index is -4.46. The summed E-state index contributed by atoms with van der Waals surface area (Å²) in [7, 11) is 0. The molecule has 0 aromatic carbocycles. The van der Waals surface area contributed by atoms with Gasteiger partial charge in [-0.25, -0.2) is 4.98 Å². The predicted octanol–water partition coefficient (Wildman–Crippen LogP) is 4.14. The van der Waals surface area contributed by atoms with Crippen LogP contribution in [0.5, 0.6) is 0 Å². The fraction of sp³-hybridized carbons (Fsp3) is 0.545. The van der Waals surface area contributed by atoms with Crippen LogP contribution in [0.1, 0.15) is 19.0 Å². The van der Waals surface area contributed by atoms with Gasteiger partial charge in [0.1, 0.15) is 11.5 Å². The van der Waals surface area contributed by atoms with Crippen LogP contribution in [0.3, 0.4) is 0 Å². The van der Waals surface area contributed by atoms with Crippen molar-refractivity contribution in [3.63, 3.8) is 0 Å². The van der Waals surface area contributed by atoms with Gasteiger partial charge in [0.05, 0.1) is 5.54 Å². The number of aromatic nitrogens is 1. The number of anilines is 1. The lowest BCUT2D eigenvalue weighted by Gasteiger charge is -2.30. The van der Waals surface area contributed by atoms with Gasteiger partial charge in [-0.05, 0) is 18.6 Å². The minimum absolute atomic E-state index is 0.118. The monoisotopic (exact) mass is 300 g/mol. The van der Waals surface area contributed by atoms with E-state index >= 15 is 0 Å². The molecule has 0 atom stereocenters. The number of halogens is 5. The van der Waals surface area contributed by atoms with Crippen LogP contribution in [-0.2, 0) is 6.18 Å². The van der Waals surface area contributed by atoms with Gasteiger partial charge in [-0.1, -0.05) is 13.0 Å². The highest BCUT2D eigenvalue weighted by atomic mass is 35.5. The Kier molecular flexibility index (Phi) is 5.10. The number of hydrogen-bond acceptors (Lipinski definition) is 2. The molecule has 1 rings (SSSR count). The van der Waals surface area contributed by atoms with Crippen LogP contribution in [0.25, 0.3) is 0 Å². The summed E-state index contributed by atoms with van der Waals surface area (Å²) in [4.78, 5) is 3.52. The van der Waals surface area contributed by atoms with E-state index in [0.717, 1.165) is 6.07 Å². The average Bonchev–Trinajstić information content (AvgIpc) is 2.35. The molecule has 1 aromatic heterocycles. The molecule has 0 saturated heterocycles. The summed E-state index contributed by atoms with van der Waals surface area (Å²) in [5, 5.41) is 2.88. The second kappa shape index (κ2) is 5.97. The molecule has 0 aliphatic rings. The predicted molar refractivity (Wildman–Crippen MR) is 67.3 cm³/mol. The standard InChI is InChI=1S/C11H13Cl2F3N2/c1-2-10(6-12,7-13)18-9-5-3-4-8(17-9)11(14,15)16/h3-5H,2,6-7H2,1H3,(H,17,18). The van der Waals surface area contributed by atoms with Gasteiger partial charge in [-0.3, -0.25) is 0 Å². The number of nitrogens with one attached hydrogen (secondary N) is 1. The van der Waals surface area contributed by atoms with E-state index < -0.39 is 17.4 Å². The zero-order valence-corrected chi connectivity index (χ0v) is 11.2. The molecule has 0 amide bonds. The van der Waals surface area contributed by atoms with E-state index in [1.54, 1.807) is 0 Å². The van der Waals surface area contributed by atoms with Crippen molar-refractivity contribution in [1.82, 2.24) is 4.98 Å². The molecule has 0 fully saturated rings. The van der Waals surface area contributed by atoms with Crippen molar-refractivity contribution in [2.75, 3.05) is 17.1 Å². The van der Waals surface area contributed by atoms with E-state index in [1.165, 1.54) is 12.1 Å². The lowest BCUT2D eigenvalue weighted by atomic mass is 10.0. The van der Waals surface area contributed by atoms with Crippen LogP contribution < -0.4 is 5.32 Å². The largest absolute Gasteiger partial charge is 0.433 e. The molecule has 0 spiro atoms. The van der Waals surface area contributed by atoms with E-state index in [9.17, 15) is 13.2 Å². The maximum absolute atomic E-state index is 12.5. The number of pyridine rings is 1. The number of hydrogen-bond donors (Lipinski definition) is 1. The summed E-state index contributed by atoms with van der Waals surface area (Å²) in [6.45, 7) is 1.85. The van der Waals surface area contributed by atoms with Gasteiger partial charge >= 0.3 is 6.18 Å². The van der Waals surface area contributed by atoms with Crippen molar-refractivity contribution >= 4 is 29.0 Å². The van der Waals surface area contributed by atoms with Crippen molar-refractivity contribution in [2.24, 2.45) is 0 Å². The summed E-state index contributed by atoms with van der Waals surface area (Å²) in [6, 6.07) is 3.67. The quantitative estimate of drug-likeness (QED) is 0.827. The van der Waals surface area contributed by atoms with Crippen molar-refractivity contribution in [3.8, 4) is 0 Å². The molecule has 0 radical (unpaired) electrons. The van der Waals surface area contributed by atoms with Gasteiger partial charge in [0, 0.05) is 11.8 Å². The highest BCUT2D eigenvalue weighted by molar-refractivity contribution is 6.22. The molecule has 0 aliphatic carbocycles. The first-order valence-electron chi connectivity index (χ1n) is 5.31. The Morgan fingerprint density at radius 3 is 2.28 bits per heavy atom. The molecule has 0 unspecified atom stereocenters. The van der Waals surface area contributed by atoms with Gasteiger partial charge in [0.2, 0.25) is 0 Å². The fourth-order valence-corrected chi connectivity index (χ4v) is 2.11. The molecule has 1 heterocycles. The number of nitrogens with zero attached hydrogens (tertiary/aromatic N) is 1. The molecule has 2 nitrogen and oxygen atoms in total. The average molecular weight is 301 g/mol. The van der Waals surface area contributed by atoms with E-state index in [1.807, 2.05) is 6.92 Å². The highest BCUT2D eigenvalue weighted by Gasteiger charge is 2.33. The smallest absolute Gasteiger partial charge is 0.362 e. The molecule has 1 N–H and O–H groups in total. The molecule has 0 aliphatic heterocycles. The first-order chi connectivity index (χ1) is 8.37. The van der Waals surface area contributed by atoms with E-state index in [4.69, 9.17) is 23.2 Å². The van der Waals surface area contributed by atoms with E-state index in [-0.39, 0.29) is 17.6 Å². The summed E-state index contributed by atoms with van der Waals surface area (Å²) >= 11 is 11.6. The molecule has 0 bridgehead atoms. The first kappa shape index (κ1) is 15.4. The second-order valence-corrected chi connectivity index (χ2v) is 4.47. The van der Waals surface area contributed by atoms with Crippen molar-refractivity contribution in [3.05, 3.63) is 23.9 Å². The Labute approximate surface area is 113 Å². The van der Waals surface area contributed by atoms with Crippen LogP contribution in [0, 0.1) is 0 Å². The third-order valence-electron chi connectivity index (χ3n) is 2.62. The Morgan fingerprint density at radius 2 is 1.83 bits per heavy atom. The molecule has 7 heteroatoms. The zero-order chi connectivity index (χ0) is 13.8. The van der Waals surface area contributed by atoms with Crippen LogP contribution >= 0.6 is 23.2 Å². The molecular weight excluding hydrogens is 288 g/mol. The summed E-state index contributed by atoms with van der Waals surface area (Å²) in [5.74, 6) is 0.489. The molecule has 1 aromatic rings.